The highest BCUT2D eigenvalue weighted by atomic mass is 16.7. The number of rotatable bonds is 30. The van der Waals surface area contributed by atoms with E-state index in [-0.39, 0.29) is 12.5 Å². The molecule has 0 aromatic rings. The van der Waals surface area contributed by atoms with Crippen LogP contribution in [-0.4, -0.2) is 87.5 Å². The number of nitrogens with one attached hydrogen (secondary N) is 1. The van der Waals surface area contributed by atoms with E-state index in [1.165, 1.54) is 25.7 Å². The standard InChI is InChI=1S/C42H71NO8/c1-3-5-7-9-11-12-13-14-15-16-17-18-19-20-21-22-23-24-26-28-30-32-38(46)43-35(36(45)31-29-27-25-10-8-6-4-2)34-50-42-41(49)40(48)39(47)37(33-44)51-42/h5,7,11-12,14-15,17-18,20-21,23-24,35-37,39-42,44-45,47-49H,3-4,6,8-10,13,16,19,22,25-34H2,1-2H3,(H,43,46)/b7-5-,12-11-,15-14-,18-17-,21-20-,24-23-. The Balaban J connectivity index is 2.37. The molecule has 1 saturated heterocycles. The van der Waals surface area contributed by atoms with Gasteiger partial charge in [0.05, 0.1) is 25.4 Å². The molecule has 0 radical (unpaired) electrons. The van der Waals surface area contributed by atoms with Crippen molar-refractivity contribution in [3.63, 3.8) is 0 Å². The summed E-state index contributed by atoms with van der Waals surface area (Å²) in [7, 11) is 0. The van der Waals surface area contributed by atoms with Gasteiger partial charge in [0, 0.05) is 6.42 Å². The van der Waals surface area contributed by atoms with Crippen molar-refractivity contribution >= 4 is 5.91 Å². The fourth-order valence-corrected chi connectivity index (χ4v) is 5.63. The molecule has 0 bridgehead atoms. The van der Waals surface area contributed by atoms with Gasteiger partial charge in [0.25, 0.3) is 0 Å². The summed E-state index contributed by atoms with van der Waals surface area (Å²) in [5.74, 6) is -0.196. The molecule has 0 aromatic carbocycles. The molecule has 292 valence electrons. The predicted octanol–water partition coefficient (Wildman–Crippen LogP) is 7.05. The number of allylic oxidation sites excluding steroid dienone is 12. The molecule has 1 rings (SSSR count). The normalized spacial score (nSPS) is 22.8. The Hall–Kier alpha value is -2.37. The Kier molecular flexibility index (Phi) is 29.5. The molecule has 0 saturated carbocycles. The van der Waals surface area contributed by atoms with Crippen molar-refractivity contribution in [2.24, 2.45) is 0 Å². The molecule has 7 unspecified atom stereocenters. The summed E-state index contributed by atoms with van der Waals surface area (Å²) >= 11 is 0. The lowest BCUT2D eigenvalue weighted by Crippen LogP contribution is -2.60. The lowest BCUT2D eigenvalue weighted by molar-refractivity contribution is -0.302. The van der Waals surface area contributed by atoms with Crippen molar-refractivity contribution in [2.75, 3.05) is 13.2 Å². The maximum Gasteiger partial charge on any atom is 0.220 e. The molecule has 0 spiro atoms. The second-order valence-corrected chi connectivity index (χ2v) is 13.3. The van der Waals surface area contributed by atoms with Crippen LogP contribution in [-0.2, 0) is 14.3 Å². The van der Waals surface area contributed by atoms with E-state index in [2.05, 4.69) is 92.1 Å². The highest BCUT2D eigenvalue weighted by Crippen LogP contribution is 2.22. The average molecular weight is 718 g/mol. The first-order chi connectivity index (χ1) is 24.8. The number of ether oxygens (including phenoxy) is 2. The van der Waals surface area contributed by atoms with Crippen LogP contribution in [0.5, 0.6) is 0 Å². The van der Waals surface area contributed by atoms with E-state index in [0.717, 1.165) is 70.6 Å². The zero-order chi connectivity index (χ0) is 37.4. The SMILES string of the molecule is CC/C=C\C/C=C\C/C=C\C/C=C\C/C=C\C/C=C\CCCCC(=O)NC(COC1OC(CO)C(O)C(O)C1O)C(O)CCCCCCCCC. The van der Waals surface area contributed by atoms with Crippen molar-refractivity contribution in [1.29, 1.82) is 0 Å². The fraction of sp³-hybridized carbons (Fsp3) is 0.690. The van der Waals surface area contributed by atoms with Crippen molar-refractivity contribution in [2.45, 2.75) is 172 Å². The summed E-state index contributed by atoms with van der Waals surface area (Å²) in [4.78, 5) is 12.8. The number of carbonyl (C=O) groups excluding carboxylic acids is 1. The van der Waals surface area contributed by atoms with Gasteiger partial charge in [-0.25, -0.2) is 0 Å². The number of hydrogen-bond donors (Lipinski definition) is 6. The first-order valence-corrected chi connectivity index (χ1v) is 19.6. The minimum Gasteiger partial charge on any atom is -0.394 e. The molecular formula is C42H71NO8. The van der Waals surface area contributed by atoms with E-state index in [0.29, 0.717) is 19.3 Å². The highest BCUT2D eigenvalue weighted by Gasteiger charge is 2.44. The van der Waals surface area contributed by atoms with Crippen molar-refractivity contribution in [1.82, 2.24) is 5.32 Å². The second kappa shape index (κ2) is 32.3. The van der Waals surface area contributed by atoms with Gasteiger partial charge in [-0.1, -0.05) is 132 Å². The number of unbranched alkanes of at least 4 members (excludes halogenated alkanes) is 8. The molecule has 1 amide bonds. The molecule has 0 aliphatic carbocycles. The molecule has 1 heterocycles. The molecule has 1 aliphatic rings. The van der Waals surface area contributed by atoms with Crippen molar-refractivity contribution in [3.8, 4) is 0 Å². The topological polar surface area (TPSA) is 149 Å². The summed E-state index contributed by atoms with van der Waals surface area (Å²) in [6, 6.07) is -0.742. The van der Waals surface area contributed by atoms with Crippen LogP contribution in [0.25, 0.3) is 0 Å². The smallest absolute Gasteiger partial charge is 0.220 e. The fourth-order valence-electron chi connectivity index (χ4n) is 5.63. The summed E-state index contributed by atoms with van der Waals surface area (Å²) in [5.41, 5.74) is 0. The number of hydrogen-bond acceptors (Lipinski definition) is 8. The number of carbonyl (C=O) groups is 1. The molecule has 51 heavy (non-hydrogen) atoms. The monoisotopic (exact) mass is 718 g/mol. The van der Waals surface area contributed by atoms with Crippen LogP contribution in [0, 0.1) is 0 Å². The Labute approximate surface area is 308 Å². The molecule has 7 atom stereocenters. The minimum absolute atomic E-state index is 0.162. The van der Waals surface area contributed by atoms with Gasteiger partial charge in [-0.3, -0.25) is 4.79 Å². The van der Waals surface area contributed by atoms with E-state index >= 15 is 0 Å². The molecular weight excluding hydrogens is 646 g/mol. The Morgan fingerprint density at radius 2 is 1.22 bits per heavy atom. The molecule has 9 heteroatoms. The Morgan fingerprint density at radius 1 is 0.686 bits per heavy atom. The molecule has 0 aromatic heterocycles. The number of amides is 1. The van der Waals surface area contributed by atoms with Gasteiger partial charge in [-0.2, -0.15) is 0 Å². The zero-order valence-electron chi connectivity index (χ0n) is 31.6. The van der Waals surface area contributed by atoms with E-state index in [4.69, 9.17) is 9.47 Å². The van der Waals surface area contributed by atoms with Crippen LogP contribution in [0.3, 0.4) is 0 Å². The van der Waals surface area contributed by atoms with E-state index in [1.807, 2.05) is 0 Å². The number of aliphatic hydroxyl groups excluding tert-OH is 5. The van der Waals surface area contributed by atoms with Gasteiger partial charge in [0.1, 0.15) is 24.4 Å². The third-order valence-corrected chi connectivity index (χ3v) is 8.82. The van der Waals surface area contributed by atoms with Gasteiger partial charge in [-0.05, 0) is 64.2 Å². The van der Waals surface area contributed by atoms with Gasteiger partial charge >= 0.3 is 0 Å². The maximum absolute atomic E-state index is 12.8. The van der Waals surface area contributed by atoms with Gasteiger partial charge in [-0.15, -0.1) is 0 Å². The number of aliphatic hydroxyl groups is 5. The van der Waals surface area contributed by atoms with E-state index < -0.39 is 49.5 Å². The first-order valence-electron chi connectivity index (χ1n) is 19.6. The Bertz CT molecular complexity index is 1020. The van der Waals surface area contributed by atoms with E-state index in [9.17, 15) is 30.3 Å². The van der Waals surface area contributed by atoms with Gasteiger partial charge in [0.15, 0.2) is 6.29 Å². The summed E-state index contributed by atoms with van der Waals surface area (Å²) in [6.45, 7) is 3.60. The first kappa shape index (κ1) is 46.7. The summed E-state index contributed by atoms with van der Waals surface area (Å²) in [5, 5.41) is 53.8. The molecule has 9 nitrogen and oxygen atoms in total. The molecule has 6 N–H and O–H groups in total. The minimum atomic E-state index is -1.56. The van der Waals surface area contributed by atoms with Crippen LogP contribution in [0.1, 0.15) is 129 Å². The molecule has 1 aliphatic heterocycles. The Morgan fingerprint density at radius 3 is 1.76 bits per heavy atom. The van der Waals surface area contributed by atoms with Gasteiger partial charge in [0.2, 0.25) is 5.91 Å². The maximum atomic E-state index is 12.8. The van der Waals surface area contributed by atoms with Crippen molar-refractivity contribution in [3.05, 3.63) is 72.9 Å². The van der Waals surface area contributed by atoms with Crippen LogP contribution in [0.4, 0.5) is 0 Å². The third-order valence-electron chi connectivity index (χ3n) is 8.82. The lowest BCUT2D eigenvalue weighted by Gasteiger charge is -2.40. The largest absolute Gasteiger partial charge is 0.394 e. The lowest BCUT2D eigenvalue weighted by atomic mass is 9.99. The summed E-state index contributed by atoms with van der Waals surface area (Å²) in [6.07, 6.45) is 35.0. The third kappa shape index (κ3) is 23.7. The van der Waals surface area contributed by atoms with Crippen LogP contribution in [0.2, 0.25) is 0 Å². The highest BCUT2D eigenvalue weighted by molar-refractivity contribution is 5.76. The van der Waals surface area contributed by atoms with E-state index in [1.54, 1.807) is 0 Å². The summed E-state index contributed by atoms with van der Waals surface area (Å²) < 4.78 is 11.1. The average Bonchev–Trinajstić information content (AvgIpc) is 3.13. The molecule has 1 fully saturated rings. The zero-order valence-corrected chi connectivity index (χ0v) is 31.6. The second-order valence-electron chi connectivity index (χ2n) is 13.3. The van der Waals surface area contributed by atoms with Crippen LogP contribution >= 0.6 is 0 Å². The van der Waals surface area contributed by atoms with Crippen molar-refractivity contribution < 1.29 is 39.8 Å². The van der Waals surface area contributed by atoms with Crippen LogP contribution < -0.4 is 5.32 Å². The van der Waals surface area contributed by atoms with Crippen LogP contribution in [0.15, 0.2) is 72.9 Å². The predicted molar refractivity (Wildman–Crippen MR) is 207 cm³/mol. The quantitative estimate of drug-likeness (QED) is 0.0342. The van der Waals surface area contributed by atoms with Gasteiger partial charge < -0.3 is 40.3 Å².